The van der Waals surface area contributed by atoms with Crippen LogP contribution in [0.3, 0.4) is 0 Å². The van der Waals surface area contributed by atoms with Crippen LogP contribution in [0, 0.1) is 0 Å². The van der Waals surface area contributed by atoms with Crippen LogP contribution in [-0.2, 0) is 11.8 Å². The largest absolute Gasteiger partial charge is 0.372 e. The molecule has 0 bridgehead atoms. The zero-order valence-electron chi connectivity index (χ0n) is 11.1. The second kappa shape index (κ2) is 4.26. The Labute approximate surface area is 106 Å². The fourth-order valence-electron chi connectivity index (χ4n) is 1.67. The molecular formula is C13H19N3S. The van der Waals surface area contributed by atoms with Crippen LogP contribution in [0.15, 0.2) is 6.07 Å². The Morgan fingerprint density at radius 1 is 1.29 bits per heavy atom. The van der Waals surface area contributed by atoms with Gasteiger partial charge in [0.1, 0.15) is 16.5 Å². The highest BCUT2D eigenvalue weighted by Crippen LogP contribution is 2.31. The molecule has 2 aromatic heterocycles. The maximum Gasteiger partial charge on any atom is 0.138 e. The van der Waals surface area contributed by atoms with E-state index in [4.69, 9.17) is 4.98 Å². The molecule has 0 fully saturated rings. The number of nitrogens with zero attached hydrogens (tertiary/aromatic N) is 2. The first-order valence-electron chi connectivity index (χ1n) is 5.94. The summed E-state index contributed by atoms with van der Waals surface area (Å²) in [5, 5.41) is 4.32. The average Bonchev–Trinajstić information content (AvgIpc) is 2.69. The highest BCUT2D eigenvalue weighted by Gasteiger charge is 2.20. The number of anilines is 1. The molecule has 0 saturated heterocycles. The summed E-state index contributed by atoms with van der Waals surface area (Å²) in [4.78, 5) is 11.8. The Morgan fingerprint density at radius 3 is 2.53 bits per heavy atom. The molecular weight excluding hydrogens is 230 g/mol. The van der Waals surface area contributed by atoms with Crippen LogP contribution in [0.4, 0.5) is 5.82 Å². The van der Waals surface area contributed by atoms with E-state index in [1.54, 1.807) is 11.3 Å². The lowest BCUT2D eigenvalue weighted by Gasteiger charge is -2.17. The first kappa shape index (κ1) is 12.3. The Morgan fingerprint density at radius 2 is 2.00 bits per heavy atom. The summed E-state index contributed by atoms with van der Waals surface area (Å²) in [6, 6.07) is 2.19. The van der Waals surface area contributed by atoms with Crippen LogP contribution in [0.2, 0.25) is 0 Å². The van der Waals surface area contributed by atoms with Crippen molar-refractivity contribution in [1.82, 2.24) is 9.97 Å². The fraction of sp³-hybridized carbons (Fsp3) is 0.538. The third kappa shape index (κ3) is 2.27. The van der Waals surface area contributed by atoms with Crippen molar-refractivity contribution in [3.05, 3.63) is 16.8 Å². The molecule has 0 aliphatic carbocycles. The van der Waals surface area contributed by atoms with Crippen molar-refractivity contribution in [3.63, 3.8) is 0 Å². The van der Waals surface area contributed by atoms with E-state index in [1.807, 2.05) is 7.05 Å². The van der Waals surface area contributed by atoms with E-state index in [9.17, 15) is 0 Å². The van der Waals surface area contributed by atoms with Gasteiger partial charge in [0.25, 0.3) is 0 Å². The molecule has 4 heteroatoms. The quantitative estimate of drug-likeness (QED) is 0.883. The van der Waals surface area contributed by atoms with Gasteiger partial charge in [-0.25, -0.2) is 9.97 Å². The number of aryl methyl sites for hydroxylation is 1. The van der Waals surface area contributed by atoms with E-state index in [0.29, 0.717) is 0 Å². The Hall–Kier alpha value is -1.16. The predicted octanol–water partition coefficient (Wildman–Crippen LogP) is 3.59. The number of hydrogen-bond donors (Lipinski definition) is 1. The normalized spacial score (nSPS) is 12.1. The maximum atomic E-state index is 4.69. The van der Waals surface area contributed by atoms with Crippen LogP contribution < -0.4 is 5.32 Å². The summed E-state index contributed by atoms with van der Waals surface area (Å²) in [5.74, 6) is 1.84. The molecule has 0 radical (unpaired) electrons. The number of fused-ring (bicyclic) bond motifs is 1. The SMILES string of the molecule is CCc1cc2c(NC)nc(C(C)(C)C)nc2s1. The summed E-state index contributed by atoms with van der Waals surface area (Å²) in [5.41, 5.74) is -0.0177. The third-order valence-corrected chi connectivity index (χ3v) is 3.87. The molecule has 2 heterocycles. The van der Waals surface area contributed by atoms with Crippen molar-refractivity contribution in [3.8, 4) is 0 Å². The minimum atomic E-state index is -0.0177. The lowest BCUT2D eigenvalue weighted by Crippen LogP contribution is -2.16. The lowest BCUT2D eigenvalue weighted by molar-refractivity contribution is 0.549. The summed E-state index contributed by atoms with van der Waals surface area (Å²) >= 11 is 1.77. The first-order chi connectivity index (χ1) is 7.95. The van der Waals surface area contributed by atoms with Crippen LogP contribution in [0.5, 0.6) is 0 Å². The van der Waals surface area contributed by atoms with Gasteiger partial charge >= 0.3 is 0 Å². The molecule has 0 amide bonds. The van der Waals surface area contributed by atoms with Crippen LogP contribution in [0.1, 0.15) is 38.4 Å². The predicted molar refractivity (Wildman–Crippen MR) is 75.0 cm³/mol. The molecule has 0 aliphatic rings. The minimum Gasteiger partial charge on any atom is -0.372 e. The molecule has 1 N–H and O–H groups in total. The fourth-order valence-corrected chi connectivity index (χ4v) is 2.64. The van der Waals surface area contributed by atoms with Gasteiger partial charge in [0.2, 0.25) is 0 Å². The molecule has 0 atom stereocenters. The Bertz CT molecular complexity index is 537. The summed E-state index contributed by atoms with van der Waals surface area (Å²) < 4.78 is 0. The average molecular weight is 249 g/mol. The maximum absolute atomic E-state index is 4.69. The van der Waals surface area contributed by atoms with Gasteiger partial charge in [-0.1, -0.05) is 27.7 Å². The van der Waals surface area contributed by atoms with Crippen molar-refractivity contribution in [2.45, 2.75) is 39.5 Å². The van der Waals surface area contributed by atoms with Crippen molar-refractivity contribution >= 4 is 27.4 Å². The molecule has 0 spiro atoms. The van der Waals surface area contributed by atoms with Gasteiger partial charge in [-0.15, -0.1) is 11.3 Å². The van der Waals surface area contributed by atoms with Gasteiger partial charge in [-0.3, -0.25) is 0 Å². The lowest BCUT2D eigenvalue weighted by atomic mass is 9.96. The summed E-state index contributed by atoms with van der Waals surface area (Å²) in [6.07, 6.45) is 1.05. The number of rotatable bonds is 2. The van der Waals surface area contributed by atoms with Crippen molar-refractivity contribution < 1.29 is 0 Å². The molecule has 3 nitrogen and oxygen atoms in total. The van der Waals surface area contributed by atoms with E-state index < -0.39 is 0 Å². The number of aromatic nitrogens is 2. The van der Waals surface area contributed by atoms with Gasteiger partial charge in [-0.05, 0) is 12.5 Å². The van der Waals surface area contributed by atoms with E-state index in [0.717, 1.165) is 28.3 Å². The van der Waals surface area contributed by atoms with Crippen LogP contribution in [0.25, 0.3) is 10.2 Å². The van der Waals surface area contributed by atoms with Crippen molar-refractivity contribution in [1.29, 1.82) is 0 Å². The first-order valence-corrected chi connectivity index (χ1v) is 6.76. The molecule has 2 aromatic rings. The van der Waals surface area contributed by atoms with Gasteiger partial charge in [0.05, 0.1) is 5.39 Å². The van der Waals surface area contributed by atoms with E-state index in [2.05, 4.69) is 44.1 Å². The van der Waals surface area contributed by atoms with Gasteiger partial charge < -0.3 is 5.32 Å². The molecule has 2 rings (SSSR count). The third-order valence-electron chi connectivity index (χ3n) is 2.70. The van der Waals surface area contributed by atoms with E-state index in [1.165, 1.54) is 4.88 Å². The minimum absolute atomic E-state index is 0.0177. The second-order valence-corrected chi connectivity index (χ2v) is 6.30. The zero-order chi connectivity index (χ0) is 12.6. The van der Waals surface area contributed by atoms with Gasteiger partial charge in [0, 0.05) is 17.3 Å². The van der Waals surface area contributed by atoms with E-state index in [-0.39, 0.29) is 5.41 Å². The molecule has 0 saturated carbocycles. The molecule has 0 unspecified atom stereocenters. The van der Waals surface area contributed by atoms with Crippen molar-refractivity contribution in [2.75, 3.05) is 12.4 Å². The highest BCUT2D eigenvalue weighted by molar-refractivity contribution is 7.18. The molecule has 0 aromatic carbocycles. The highest BCUT2D eigenvalue weighted by atomic mass is 32.1. The van der Waals surface area contributed by atoms with E-state index >= 15 is 0 Å². The molecule has 17 heavy (non-hydrogen) atoms. The zero-order valence-corrected chi connectivity index (χ0v) is 11.9. The van der Waals surface area contributed by atoms with Gasteiger partial charge in [-0.2, -0.15) is 0 Å². The van der Waals surface area contributed by atoms with Crippen molar-refractivity contribution in [2.24, 2.45) is 0 Å². The Balaban J connectivity index is 2.68. The standard InChI is InChI=1S/C13H19N3S/c1-6-8-7-9-10(14-5)15-12(13(2,3)4)16-11(9)17-8/h7H,6H2,1-5H3,(H,14,15,16). The summed E-state index contributed by atoms with van der Waals surface area (Å²) in [6.45, 7) is 8.59. The molecule has 92 valence electrons. The molecule has 0 aliphatic heterocycles. The van der Waals surface area contributed by atoms with Gasteiger partial charge in [0.15, 0.2) is 0 Å². The number of hydrogen-bond acceptors (Lipinski definition) is 4. The summed E-state index contributed by atoms with van der Waals surface area (Å²) in [7, 11) is 1.91. The number of thiophene rings is 1. The smallest absolute Gasteiger partial charge is 0.138 e. The van der Waals surface area contributed by atoms with Crippen LogP contribution in [-0.4, -0.2) is 17.0 Å². The Kier molecular flexibility index (Phi) is 3.08. The number of nitrogens with one attached hydrogen (secondary N) is 1. The second-order valence-electron chi connectivity index (χ2n) is 5.18. The monoisotopic (exact) mass is 249 g/mol. The topological polar surface area (TPSA) is 37.8 Å². The van der Waals surface area contributed by atoms with Crippen LogP contribution >= 0.6 is 11.3 Å².